The van der Waals surface area contributed by atoms with Crippen molar-refractivity contribution in [1.29, 1.82) is 0 Å². The van der Waals surface area contributed by atoms with E-state index in [0.29, 0.717) is 0 Å². The highest BCUT2D eigenvalue weighted by Crippen LogP contribution is 2.63. The number of benzene rings is 5. The summed E-state index contributed by atoms with van der Waals surface area (Å²) in [7, 11) is 0. The van der Waals surface area contributed by atoms with E-state index in [1.807, 2.05) is 42.6 Å². The van der Waals surface area contributed by atoms with Crippen LogP contribution < -0.4 is 0 Å². The first-order valence-electron chi connectivity index (χ1n) is 16.3. The van der Waals surface area contributed by atoms with Crippen LogP contribution in [0, 0.1) is 0 Å². The molecule has 220 valence electrons. The van der Waals surface area contributed by atoms with Crippen LogP contribution in [0.15, 0.2) is 157 Å². The van der Waals surface area contributed by atoms with E-state index in [-0.39, 0.29) is 5.41 Å². The minimum absolute atomic E-state index is 0.326. The van der Waals surface area contributed by atoms with Gasteiger partial charge in [-0.1, -0.05) is 115 Å². The van der Waals surface area contributed by atoms with Crippen LogP contribution >= 0.6 is 0 Å². The molecule has 0 aliphatic heterocycles. The molecule has 3 heteroatoms. The van der Waals surface area contributed by atoms with E-state index in [1.165, 1.54) is 44.5 Å². The molecule has 0 radical (unpaired) electrons. The Kier molecular flexibility index (Phi) is 5.62. The monoisotopic (exact) mass is 599 g/mol. The van der Waals surface area contributed by atoms with Crippen LogP contribution in [0.3, 0.4) is 0 Å². The lowest BCUT2D eigenvalue weighted by Gasteiger charge is -2.33. The van der Waals surface area contributed by atoms with Gasteiger partial charge in [-0.2, -0.15) is 0 Å². The molecule has 3 aliphatic carbocycles. The molecule has 0 fully saturated rings. The van der Waals surface area contributed by atoms with Crippen LogP contribution in [0.25, 0.3) is 61.5 Å². The van der Waals surface area contributed by atoms with Gasteiger partial charge in [-0.25, -0.2) is 9.97 Å². The zero-order chi connectivity index (χ0) is 31.0. The second-order valence-electron chi connectivity index (χ2n) is 12.6. The number of aromatic nitrogens is 3. The molecular weight excluding hydrogens is 571 g/mol. The molecule has 47 heavy (non-hydrogen) atoms. The molecule has 0 saturated carbocycles. The molecule has 5 aromatic carbocycles. The first-order valence-corrected chi connectivity index (χ1v) is 16.3. The Morgan fingerprint density at radius 1 is 0.511 bits per heavy atom. The van der Waals surface area contributed by atoms with Gasteiger partial charge in [-0.3, -0.25) is 4.98 Å². The molecule has 2 aromatic heterocycles. The number of fused-ring (bicyclic) bond motifs is 10. The Morgan fingerprint density at radius 2 is 1.13 bits per heavy atom. The van der Waals surface area contributed by atoms with E-state index in [1.54, 1.807) is 0 Å². The minimum atomic E-state index is -0.326. The Labute approximate surface area is 273 Å². The Bertz CT molecular complexity index is 2450. The lowest BCUT2D eigenvalue weighted by Crippen LogP contribution is -2.27. The normalized spacial score (nSPS) is 17.1. The number of para-hydroxylation sites is 2. The summed E-state index contributed by atoms with van der Waals surface area (Å²) in [5.41, 5.74) is 18.4. The number of allylic oxidation sites excluding steroid dienone is 4. The third kappa shape index (κ3) is 3.71. The highest BCUT2D eigenvalue weighted by molar-refractivity contribution is 5.98. The van der Waals surface area contributed by atoms with Crippen molar-refractivity contribution in [2.75, 3.05) is 0 Å². The molecule has 3 aliphatic rings. The zero-order valence-electron chi connectivity index (χ0n) is 25.7. The summed E-state index contributed by atoms with van der Waals surface area (Å²) in [5.74, 6) is 0. The fraction of sp³-hybridized carbons (Fsp3) is 0.0682. The lowest BCUT2D eigenvalue weighted by molar-refractivity contribution is 0.714. The minimum Gasteiger partial charge on any atom is -0.256 e. The Balaban J connectivity index is 1.22. The highest BCUT2D eigenvalue weighted by Gasteiger charge is 2.52. The molecule has 1 unspecified atom stereocenters. The summed E-state index contributed by atoms with van der Waals surface area (Å²) >= 11 is 0. The number of rotatable bonds is 3. The maximum atomic E-state index is 5.32. The zero-order valence-corrected chi connectivity index (χ0v) is 25.7. The quantitative estimate of drug-likeness (QED) is 0.203. The average Bonchev–Trinajstić information content (AvgIpc) is 3.62. The molecule has 0 amide bonds. The second-order valence-corrected chi connectivity index (χ2v) is 12.6. The molecule has 10 rings (SSSR count). The standard InChI is InChI=1S/C44H29N3/c1-4-14-35-31(11-1)32-12-2-5-15-36(32)44(35)37-16-6-3-13-33(37)34-25-24-30(27-38(34)44)43-42(46-40-18-7-8-19-41(40)47-43)29-22-20-28(21-23-29)39-17-9-10-26-45-39/h1-4,6-14,16-27H,5,15H2. The summed E-state index contributed by atoms with van der Waals surface area (Å²) in [6.07, 6.45) is 8.63. The van der Waals surface area contributed by atoms with Crippen LogP contribution in [0.4, 0.5) is 0 Å². The van der Waals surface area contributed by atoms with E-state index in [9.17, 15) is 0 Å². The van der Waals surface area contributed by atoms with E-state index >= 15 is 0 Å². The fourth-order valence-corrected chi connectivity index (χ4v) is 8.29. The van der Waals surface area contributed by atoms with Crippen LogP contribution in [0.5, 0.6) is 0 Å². The Morgan fingerprint density at radius 3 is 1.89 bits per heavy atom. The molecule has 7 aromatic rings. The van der Waals surface area contributed by atoms with Crippen LogP contribution in [-0.2, 0) is 5.41 Å². The smallest absolute Gasteiger partial charge is 0.0973 e. The molecule has 0 bridgehead atoms. The SMILES string of the molecule is C1=CC2=C(CC1)C1(c3ccccc32)c2ccccc2-c2ccc(-c3nc4ccccc4nc3-c3ccc(-c4ccccn4)cc3)cc21. The maximum Gasteiger partial charge on any atom is 0.0973 e. The predicted octanol–water partition coefficient (Wildman–Crippen LogP) is 10.5. The molecule has 1 atom stereocenters. The van der Waals surface area contributed by atoms with Crippen molar-refractivity contribution in [2.24, 2.45) is 0 Å². The molecule has 3 nitrogen and oxygen atoms in total. The first kappa shape index (κ1) is 26.3. The van der Waals surface area contributed by atoms with Crippen LogP contribution in [0.2, 0.25) is 0 Å². The number of hydrogen-bond acceptors (Lipinski definition) is 3. The summed E-state index contributed by atoms with van der Waals surface area (Å²) in [6, 6.07) is 47.8. The average molecular weight is 600 g/mol. The van der Waals surface area contributed by atoms with Crippen molar-refractivity contribution < 1.29 is 0 Å². The molecule has 0 saturated heterocycles. The van der Waals surface area contributed by atoms with Gasteiger partial charge in [0.15, 0.2) is 0 Å². The van der Waals surface area contributed by atoms with Gasteiger partial charge in [0.05, 0.1) is 33.5 Å². The van der Waals surface area contributed by atoms with Gasteiger partial charge >= 0.3 is 0 Å². The first-order chi connectivity index (χ1) is 23.3. The van der Waals surface area contributed by atoms with Crippen molar-refractivity contribution in [1.82, 2.24) is 15.0 Å². The van der Waals surface area contributed by atoms with Crippen molar-refractivity contribution in [3.8, 4) is 44.9 Å². The van der Waals surface area contributed by atoms with Gasteiger partial charge in [-0.15, -0.1) is 0 Å². The molecule has 1 spiro atoms. The van der Waals surface area contributed by atoms with Gasteiger partial charge in [0.1, 0.15) is 0 Å². The van der Waals surface area contributed by atoms with Crippen LogP contribution in [0.1, 0.15) is 35.1 Å². The summed E-state index contributed by atoms with van der Waals surface area (Å²) in [5, 5.41) is 0. The fourth-order valence-electron chi connectivity index (χ4n) is 8.29. The van der Waals surface area contributed by atoms with Gasteiger partial charge in [0, 0.05) is 22.9 Å². The maximum absolute atomic E-state index is 5.32. The number of pyridine rings is 1. The number of nitrogens with zero attached hydrogens (tertiary/aromatic N) is 3. The lowest BCUT2D eigenvalue weighted by atomic mass is 9.68. The van der Waals surface area contributed by atoms with Gasteiger partial charge in [-0.05, 0) is 87.7 Å². The second kappa shape index (κ2) is 10.0. The highest BCUT2D eigenvalue weighted by atomic mass is 14.8. The summed E-state index contributed by atoms with van der Waals surface area (Å²) in [4.78, 5) is 15.1. The summed E-state index contributed by atoms with van der Waals surface area (Å²) < 4.78 is 0. The van der Waals surface area contributed by atoms with E-state index in [0.717, 1.165) is 57.6 Å². The van der Waals surface area contributed by atoms with Gasteiger partial charge < -0.3 is 0 Å². The molecule has 2 heterocycles. The van der Waals surface area contributed by atoms with Crippen LogP contribution in [-0.4, -0.2) is 15.0 Å². The Hall–Kier alpha value is -5.93. The third-order valence-electron chi connectivity index (χ3n) is 10.3. The largest absolute Gasteiger partial charge is 0.256 e. The van der Waals surface area contributed by atoms with E-state index in [4.69, 9.17) is 9.97 Å². The number of hydrogen-bond donors (Lipinski definition) is 0. The van der Waals surface area contributed by atoms with Crippen molar-refractivity contribution in [3.63, 3.8) is 0 Å². The predicted molar refractivity (Wildman–Crippen MR) is 191 cm³/mol. The molecular formula is C44H29N3. The van der Waals surface area contributed by atoms with Crippen molar-refractivity contribution >= 4 is 16.6 Å². The van der Waals surface area contributed by atoms with E-state index < -0.39 is 0 Å². The van der Waals surface area contributed by atoms with E-state index in [2.05, 4.69) is 114 Å². The third-order valence-corrected chi connectivity index (χ3v) is 10.3. The van der Waals surface area contributed by atoms with Crippen molar-refractivity contribution in [3.05, 3.63) is 180 Å². The topological polar surface area (TPSA) is 38.7 Å². The molecule has 0 N–H and O–H groups in total. The van der Waals surface area contributed by atoms with Gasteiger partial charge in [0.2, 0.25) is 0 Å². The van der Waals surface area contributed by atoms with Crippen molar-refractivity contribution in [2.45, 2.75) is 18.3 Å². The summed E-state index contributed by atoms with van der Waals surface area (Å²) in [6.45, 7) is 0. The van der Waals surface area contributed by atoms with Gasteiger partial charge in [0.25, 0.3) is 0 Å².